The Morgan fingerprint density at radius 2 is 0.675 bits per heavy atom. The number of hydrogen-bond donors (Lipinski definition) is 3. The van der Waals surface area contributed by atoms with Gasteiger partial charge in [0.25, 0.3) is 0 Å². The topological polar surface area (TPSA) is 89.9 Å². The number of aliphatic hydroxyl groups excluding tert-OH is 1. The minimum Gasteiger partial charge on any atom is -0.507 e. The molecule has 0 radical (unpaired) electrons. The molecule has 9 nitrogen and oxygen atoms in total. The molecule has 4 aliphatic heterocycles. The number of ether oxygens (including phenoxy) is 3. The van der Waals surface area contributed by atoms with Crippen LogP contribution in [0.5, 0.6) is 23.0 Å². The third-order valence-corrected chi connectivity index (χ3v) is 20.6. The van der Waals surface area contributed by atoms with Crippen molar-refractivity contribution in [1.29, 1.82) is 0 Å². The lowest BCUT2D eigenvalue weighted by molar-refractivity contribution is 0.149. The molecule has 4 heterocycles. The Hall–Kier alpha value is -3.26. The monoisotopic (exact) mass is 1140 g/mol. The largest absolute Gasteiger partial charge is 0.507 e. The van der Waals surface area contributed by atoms with E-state index in [1.165, 1.54) is 178 Å². The summed E-state index contributed by atoms with van der Waals surface area (Å²) in [4.78, 5) is 2.42. The number of aliphatic hydroxyl groups is 1. The van der Waals surface area contributed by atoms with Gasteiger partial charge in [-0.3, -0.25) is 9.34 Å². The van der Waals surface area contributed by atoms with E-state index in [9.17, 15) is 5.11 Å². The fourth-order valence-electron chi connectivity index (χ4n) is 12.1. The highest BCUT2D eigenvalue weighted by molar-refractivity contribution is 7.13. The van der Waals surface area contributed by atoms with Gasteiger partial charge >= 0.3 is 0 Å². The quantitative estimate of drug-likeness (QED) is 0.134. The number of likely N-dealkylation sites (tertiary alicyclic amines) is 1. The van der Waals surface area contributed by atoms with Crippen molar-refractivity contribution in [2.24, 2.45) is 23.7 Å². The van der Waals surface area contributed by atoms with E-state index in [0.29, 0.717) is 36.0 Å². The van der Waals surface area contributed by atoms with Crippen LogP contribution in [0.2, 0.25) is 0 Å². The smallest absolute Gasteiger partial charge is 0.125 e. The molecular weight excluding hydrogens is 1030 g/mol. The van der Waals surface area contributed by atoms with Crippen molar-refractivity contribution >= 4 is 18.8 Å². The summed E-state index contributed by atoms with van der Waals surface area (Å²) in [6.45, 7) is 55.2. The zero-order valence-electron chi connectivity index (χ0n) is 54.6. The van der Waals surface area contributed by atoms with Crippen LogP contribution < -0.4 is 19.5 Å². The summed E-state index contributed by atoms with van der Waals surface area (Å²) in [6, 6.07) is 0. The SMILES string of the molecule is Cc1c(C)c(C)c(O)c(C)c1C.Cc1c(C)c(C)c(OCC2CCCN(C)C2)c(C)c1C.Cc1c(C)c(C)c(OCC2CCCN(P)C2)c(C)c1C.Cc1c(C)c(C)c(OCC2CCCNC2)c(C)c1C.OCC1CCCN(P)C1. The molecule has 0 amide bonds. The molecule has 0 aromatic heterocycles. The first-order valence-corrected chi connectivity index (χ1v) is 31.5. The lowest BCUT2D eigenvalue weighted by Gasteiger charge is -2.30. The molecular formula is C69H114N4O5P2. The van der Waals surface area contributed by atoms with E-state index >= 15 is 0 Å². The van der Waals surface area contributed by atoms with Crippen LogP contribution >= 0.6 is 18.8 Å². The van der Waals surface area contributed by atoms with Gasteiger partial charge in [0.05, 0.1) is 19.8 Å². The molecule has 0 saturated carbocycles. The van der Waals surface area contributed by atoms with Crippen LogP contribution in [0.3, 0.4) is 0 Å². The number of nitrogens with one attached hydrogen (secondary N) is 1. The number of phenols is 1. The van der Waals surface area contributed by atoms with E-state index in [0.717, 1.165) is 74.4 Å². The van der Waals surface area contributed by atoms with Crippen LogP contribution in [0.4, 0.5) is 0 Å². The lowest BCUT2D eigenvalue weighted by atomic mass is 9.94. The number of hydrogen-bond acceptors (Lipinski definition) is 9. The van der Waals surface area contributed by atoms with Gasteiger partial charge in [-0.15, -0.1) is 0 Å². The second-order valence-electron chi connectivity index (χ2n) is 24.9. The Balaban J connectivity index is 0.000000221. The van der Waals surface area contributed by atoms with E-state index in [4.69, 9.17) is 19.3 Å². The molecule has 4 aliphatic rings. The highest BCUT2D eigenvalue weighted by Gasteiger charge is 2.23. The Morgan fingerprint density at radius 3 is 0.988 bits per heavy atom. The molecule has 450 valence electrons. The molecule has 11 heteroatoms. The number of aromatic hydroxyl groups is 1. The Morgan fingerprint density at radius 1 is 0.388 bits per heavy atom. The van der Waals surface area contributed by atoms with Crippen LogP contribution in [-0.4, -0.2) is 110 Å². The second kappa shape index (κ2) is 32.7. The fraction of sp³-hybridized carbons (Fsp3) is 0.652. The van der Waals surface area contributed by atoms with Gasteiger partial charge in [-0.25, -0.2) is 0 Å². The third kappa shape index (κ3) is 18.6. The minimum absolute atomic E-state index is 0.352. The van der Waals surface area contributed by atoms with Gasteiger partial charge in [-0.1, -0.05) is 18.8 Å². The maximum absolute atomic E-state index is 9.69. The minimum atomic E-state index is 0.352. The van der Waals surface area contributed by atoms with Crippen molar-refractivity contribution in [2.75, 3.05) is 85.8 Å². The van der Waals surface area contributed by atoms with E-state index in [-0.39, 0.29) is 0 Å². The molecule has 0 aliphatic carbocycles. The summed E-state index contributed by atoms with van der Waals surface area (Å²) in [6.07, 6.45) is 10.2. The van der Waals surface area contributed by atoms with Gasteiger partial charge in [0.1, 0.15) is 23.0 Å². The summed E-state index contributed by atoms with van der Waals surface area (Å²) in [5.41, 5.74) is 26.1. The Bertz CT molecular complexity index is 2380. The van der Waals surface area contributed by atoms with Gasteiger partial charge in [-0.2, -0.15) is 0 Å². The highest BCUT2D eigenvalue weighted by Crippen LogP contribution is 2.36. The van der Waals surface area contributed by atoms with Gasteiger partial charge in [0.2, 0.25) is 0 Å². The third-order valence-electron chi connectivity index (χ3n) is 19.6. The molecule has 0 spiro atoms. The number of benzene rings is 4. The van der Waals surface area contributed by atoms with E-state index in [2.05, 4.69) is 170 Å². The summed E-state index contributed by atoms with van der Waals surface area (Å²) in [5.74, 6) is 6.33. The molecule has 3 N–H and O–H groups in total. The van der Waals surface area contributed by atoms with Crippen molar-refractivity contribution in [3.63, 3.8) is 0 Å². The van der Waals surface area contributed by atoms with Gasteiger partial charge in [0, 0.05) is 63.6 Å². The summed E-state index contributed by atoms with van der Waals surface area (Å²) < 4.78 is 23.2. The van der Waals surface area contributed by atoms with Crippen molar-refractivity contribution in [3.8, 4) is 23.0 Å². The molecule has 80 heavy (non-hydrogen) atoms. The highest BCUT2D eigenvalue weighted by atomic mass is 31.0. The van der Waals surface area contributed by atoms with Crippen LogP contribution in [0.25, 0.3) is 0 Å². The van der Waals surface area contributed by atoms with Crippen molar-refractivity contribution in [3.05, 3.63) is 111 Å². The second-order valence-corrected chi connectivity index (χ2v) is 26.4. The number of phenolic OH excluding ortho intramolecular Hbond substituents is 1. The molecule has 6 atom stereocenters. The average Bonchev–Trinajstić information content (AvgIpc) is 3.45. The summed E-state index contributed by atoms with van der Waals surface area (Å²) >= 11 is 0. The van der Waals surface area contributed by atoms with Gasteiger partial charge < -0.3 is 34.6 Å². The molecule has 4 aromatic carbocycles. The number of rotatable bonds is 10. The molecule has 4 aromatic rings. The first-order valence-electron chi connectivity index (χ1n) is 30.5. The number of piperidine rings is 4. The molecule has 6 unspecified atom stereocenters. The van der Waals surface area contributed by atoms with Crippen LogP contribution in [-0.2, 0) is 0 Å². The zero-order valence-corrected chi connectivity index (χ0v) is 56.9. The molecule has 4 saturated heterocycles. The summed E-state index contributed by atoms with van der Waals surface area (Å²) in [5, 5.41) is 21.9. The Labute approximate surface area is 494 Å². The first-order chi connectivity index (χ1) is 37.6. The van der Waals surface area contributed by atoms with Gasteiger partial charge in [0.15, 0.2) is 0 Å². The van der Waals surface area contributed by atoms with Crippen molar-refractivity contribution < 1.29 is 24.4 Å². The maximum atomic E-state index is 9.69. The normalized spacial score (nSPS) is 19.8. The zero-order chi connectivity index (χ0) is 59.9. The van der Waals surface area contributed by atoms with E-state index in [1.54, 1.807) is 0 Å². The lowest BCUT2D eigenvalue weighted by Crippen LogP contribution is -2.34. The standard InChI is InChI=1S/C18H29NO.C17H28NOP.C17H27NO.C11H16O.C6H14NOP/c1-12-13(2)15(4)18(16(5)14(12)3)20-11-17-8-7-9-19(6)10-17;1-11-12(2)14(4)17(15(5)13(11)3)19-10-16-7-6-8-18(20)9-16;1-11-12(2)14(4)17(15(5)13(11)3)19-10-16-7-6-8-18-9-16;1-6-7(2)9(4)11(12)10(5)8(6)3;8-5-6-2-1-3-7(9)4-6/h17H,7-11H2,1-6H3;16H,6-10,20H2,1-5H3;16,18H,6-10H2,1-5H3;12H,1-5H3;6,8H,1-5,9H2. The van der Waals surface area contributed by atoms with Crippen molar-refractivity contribution in [1.82, 2.24) is 19.6 Å². The van der Waals surface area contributed by atoms with Crippen molar-refractivity contribution in [2.45, 2.75) is 190 Å². The predicted octanol–water partition coefficient (Wildman–Crippen LogP) is 15.1. The molecule has 4 fully saturated rings. The summed E-state index contributed by atoms with van der Waals surface area (Å²) in [7, 11) is 7.72. The number of nitrogens with zero attached hydrogens (tertiary/aromatic N) is 3. The average molecular weight is 1140 g/mol. The van der Waals surface area contributed by atoms with Crippen LogP contribution in [0, 0.1) is 162 Å². The van der Waals surface area contributed by atoms with Crippen LogP contribution in [0.1, 0.15) is 163 Å². The van der Waals surface area contributed by atoms with E-state index in [1.807, 2.05) is 13.8 Å². The predicted molar refractivity (Wildman–Crippen MR) is 350 cm³/mol. The molecule has 8 rings (SSSR count). The van der Waals surface area contributed by atoms with E-state index < -0.39 is 0 Å². The maximum Gasteiger partial charge on any atom is 0.125 e. The Kier molecular flexibility index (Phi) is 28.3. The first kappa shape index (κ1) is 69.2. The van der Waals surface area contributed by atoms with Crippen LogP contribution in [0.15, 0.2) is 0 Å². The molecule has 0 bridgehead atoms. The fourth-order valence-corrected chi connectivity index (χ4v) is 13.0. The van der Waals surface area contributed by atoms with Gasteiger partial charge in [-0.05, 0) is 327 Å².